The Kier molecular flexibility index (Phi) is 6.02. The van der Waals surface area contributed by atoms with E-state index in [1.807, 2.05) is 4.90 Å². The van der Waals surface area contributed by atoms with Crippen molar-refractivity contribution in [1.82, 2.24) is 24.8 Å². The molecule has 0 unspecified atom stereocenters. The van der Waals surface area contributed by atoms with Crippen molar-refractivity contribution < 1.29 is 24.1 Å². The van der Waals surface area contributed by atoms with Gasteiger partial charge >= 0.3 is 6.09 Å². The van der Waals surface area contributed by atoms with Crippen LogP contribution in [0.5, 0.6) is 17.6 Å². The summed E-state index contributed by atoms with van der Waals surface area (Å²) in [4.78, 5) is 30.9. The zero-order valence-electron chi connectivity index (χ0n) is 14.8. The van der Waals surface area contributed by atoms with Crippen molar-refractivity contribution in [3.63, 3.8) is 0 Å². The number of anilines is 1. The van der Waals surface area contributed by atoms with E-state index in [2.05, 4.69) is 19.9 Å². The minimum Gasteiger partial charge on any atom is -0.477 e. The molecule has 11 nitrogen and oxygen atoms in total. The number of carbonyl (C=O) groups is 1. The molecule has 2 aromatic heterocycles. The summed E-state index contributed by atoms with van der Waals surface area (Å²) in [6.07, 6.45) is 5.22. The molecule has 2 aromatic rings. The normalized spacial score (nSPS) is 14.0. The van der Waals surface area contributed by atoms with Crippen LogP contribution in [0.1, 0.15) is 0 Å². The Morgan fingerprint density at radius 1 is 0.926 bits per heavy atom. The fraction of sp³-hybridized carbons (Fsp3) is 0.438. The molecule has 0 aromatic carbocycles. The Balaban J connectivity index is 1.55. The Labute approximate surface area is 155 Å². The number of hydrogen-bond donors (Lipinski definition) is 1. The minimum atomic E-state index is -0.915. The third-order valence-electron chi connectivity index (χ3n) is 3.88. The highest BCUT2D eigenvalue weighted by molar-refractivity contribution is 5.65. The van der Waals surface area contributed by atoms with Crippen LogP contribution in [0.3, 0.4) is 0 Å². The molecule has 11 heteroatoms. The first-order valence-electron chi connectivity index (χ1n) is 8.33. The Hall–Kier alpha value is -3.37. The number of amides is 1. The van der Waals surface area contributed by atoms with Gasteiger partial charge in [-0.2, -0.15) is 0 Å². The van der Waals surface area contributed by atoms with Crippen molar-refractivity contribution in [1.29, 1.82) is 0 Å². The van der Waals surface area contributed by atoms with Crippen molar-refractivity contribution >= 4 is 11.9 Å². The zero-order chi connectivity index (χ0) is 19.1. The van der Waals surface area contributed by atoms with E-state index in [1.54, 1.807) is 12.4 Å². The largest absolute Gasteiger partial charge is 0.477 e. The maximum Gasteiger partial charge on any atom is 0.407 e. The summed E-state index contributed by atoms with van der Waals surface area (Å²) in [6, 6.07) is 0. The molecule has 3 rings (SSSR count). The third-order valence-corrected chi connectivity index (χ3v) is 3.88. The average molecular weight is 376 g/mol. The number of nitrogens with zero attached hydrogens (tertiary/aromatic N) is 6. The van der Waals surface area contributed by atoms with Crippen molar-refractivity contribution in [2.45, 2.75) is 0 Å². The van der Waals surface area contributed by atoms with E-state index in [0.717, 1.165) is 0 Å². The van der Waals surface area contributed by atoms with E-state index >= 15 is 0 Å². The second-order valence-electron chi connectivity index (χ2n) is 5.51. The summed E-state index contributed by atoms with van der Waals surface area (Å²) in [5.74, 6) is 1.54. The van der Waals surface area contributed by atoms with Crippen molar-refractivity contribution in [3.8, 4) is 17.6 Å². The monoisotopic (exact) mass is 376 g/mol. The fourth-order valence-electron chi connectivity index (χ4n) is 2.57. The summed E-state index contributed by atoms with van der Waals surface area (Å²) in [5.41, 5.74) is 0. The number of rotatable bonds is 7. The zero-order valence-corrected chi connectivity index (χ0v) is 14.8. The van der Waals surface area contributed by atoms with Crippen LogP contribution in [0.25, 0.3) is 0 Å². The van der Waals surface area contributed by atoms with E-state index in [9.17, 15) is 4.79 Å². The molecule has 3 heterocycles. The summed E-state index contributed by atoms with van der Waals surface area (Å²) < 4.78 is 16.3. The molecule has 0 atom stereocenters. The maximum atomic E-state index is 11.0. The molecule has 1 aliphatic rings. The molecule has 0 aliphatic carbocycles. The molecule has 0 spiro atoms. The van der Waals surface area contributed by atoms with Gasteiger partial charge in [0.15, 0.2) is 5.82 Å². The van der Waals surface area contributed by atoms with Gasteiger partial charge in [-0.25, -0.2) is 24.7 Å². The lowest BCUT2D eigenvalue weighted by Crippen LogP contribution is -2.48. The minimum absolute atomic E-state index is 0.220. The third kappa shape index (κ3) is 4.63. The van der Waals surface area contributed by atoms with Gasteiger partial charge in [-0.15, -0.1) is 0 Å². The topological polar surface area (TPSA) is 123 Å². The van der Waals surface area contributed by atoms with Gasteiger partial charge in [-0.05, 0) is 0 Å². The Morgan fingerprint density at radius 3 is 2.11 bits per heavy atom. The molecular weight excluding hydrogens is 356 g/mol. The summed E-state index contributed by atoms with van der Waals surface area (Å²) in [7, 11) is 1.49. The van der Waals surface area contributed by atoms with Crippen LogP contribution in [0.2, 0.25) is 0 Å². The molecule has 0 saturated carbocycles. The van der Waals surface area contributed by atoms with Crippen LogP contribution in [-0.2, 0) is 0 Å². The van der Waals surface area contributed by atoms with Crippen molar-refractivity contribution in [2.75, 3.05) is 51.4 Å². The molecule has 1 fully saturated rings. The number of piperazine rings is 1. The molecule has 144 valence electrons. The van der Waals surface area contributed by atoms with E-state index < -0.39 is 6.09 Å². The summed E-state index contributed by atoms with van der Waals surface area (Å²) >= 11 is 0. The van der Waals surface area contributed by atoms with E-state index in [-0.39, 0.29) is 19.1 Å². The molecule has 1 aliphatic heterocycles. The highest BCUT2D eigenvalue weighted by atomic mass is 16.5. The number of ether oxygens (including phenoxy) is 3. The van der Waals surface area contributed by atoms with Gasteiger partial charge in [0.1, 0.15) is 13.2 Å². The first-order valence-corrected chi connectivity index (χ1v) is 8.33. The van der Waals surface area contributed by atoms with E-state index in [0.29, 0.717) is 43.8 Å². The van der Waals surface area contributed by atoms with E-state index in [1.165, 1.54) is 24.4 Å². The number of hydrogen-bond acceptors (Lipinski definition) is 9. The van der Waals surface area contributed by atoms with E-state index in [4.69, 9.17) is 19.3 Å². The van der Waals surface area contributed by atoms with Crippen LogP contribution in [0.4, 0.5) is 10.6 Å². The van der Waals surface area contributed by atoms with Gasteiger partial charge in [-0.3, -0.25) is 0 Å². The Bertz CT molecular complexity index is 768. The van der Waals surface area contributed by atoms with Crippen LogP contribution >= 0.6 is 0 Å². The lowest BCUT2D eigenvalue weighted by molar-refractivity contribution is 0.142. The molecule has 0 radical (unpaired) electrons. The molecule has 1 saturated heterocycles. The highest BCUT2D eigenvalue weighted by Gasteiger charge is 2.23. The predicted octanol–water partition coefficient (Wildman–Crippen LogP) is 0.533. The number of methoxy groups -OCH3 is 1. The summed E-state index contributed by atoms with van der Waals surface area (Å²) in [5, 5.41) is 9.05. The molecule has 1 N–H and O–H groups in total. The second-order valence-corrected chi connectivity index (χ2v) is 5.51. The number of aromatic nitrogens is 4. The average Bonchev–Trinajstić information content (AvgIpc) is 2.72. The lowest BCUT2D eigenvalue weighted by Gasteiger charge is -2.34. The first-order chi connectivity index (χ1) is 13.2. The second kappa shape index (κ2) is 8.83. The van der Waals surface area contributed by atoms with Crippen LogP contribution in [0, 0.1) is 0 Å². The van der Waals surface area contributed by atoms with Gasteiger partial charge in [0.25, 0.3) is 17.6 Å². The Morgan fingerprint density at radius 2 is 1.48 bits per heavy atom. The predicted molar refractivity (Wildman–Crippen MR) is 93.4 cm³/mol. The van der Waals surface area contributed by atoms with Crippen LogP contribution < -0.4 is 19.1 Å². The first kappa shape index (κ1) is 18.4. The fourth-order valence-corrected chi connectivity index (χ4v) is 2.57. The van der Waals surface area contributed by atoms with Gasteiger partial charge < -0.3 is 29.1 Å². The quantitative estimate of drug-likeness (QED) is 0.685. The smallest absolute Gasteiger partial charge is 0.407 e. The molecular formula is C16H20N6O5. The molecule has 0 bridgehead atoms. The van der Waals surface area contributed by atoms with Crippen LogP contribution in [0.15, 0.2) is 24.8 Å². The molecule has 1 amide bonds. The lowest BCUT2D eigenvalue weighted by atomic mass is 10.3. The number of carboxylic acid groups (broad SMARTS) is 1. The van der Waals surface area contributed by atoms with Crippen molar-refractivity contribution in [2.24, 2.45) is 0 Å². The van der Waals surface area contributed by atoms with Gasteiger partial charge in [0.2, 0.25) is 0 Å². The highest BCUT2D eigenvalue weighted by Crippen LogP contribution is 2.24. The standard InChI is InChI=1S/C16H20N6O5/c1-25-14-15(20-5-4-19-14)27-11-10-26-13-12(17-2-3-18-13)21-6-8-22(9-7-21)16(23)24/h2-5H,6-11H2,1H3,(H,23,24). The van der Waals surface area contributed by atoms with Crippen LogP contribution in [-0.4, -0.2) is 82.5 Å². The van der Waals surface area contributed by atoms with Gasteiger partial charge in [-0.1, -0.05) is 0 Å². The van der Waals surface area contributed by atoms with Gasteiger partial charge in [0.05, 0.1) is 7.11 Å². The molecule has 27 heavy (non-hydrogen) atoms. The van der Waals surface area contributed by atoms with Gasteiger partial charge in [0, 0.05) is 51.0 Å². The summed E-state index contributed by atoms with van der Waals surface area (Å²) in [6.45, 7) is 2.30. The SMILES string of the molecule is COc1nccnc1OCCOc1nccnc1N1CCN(C(=O)O)CC1. The van der Waals surface area contributed by atoms with Crippen molar-refractivity contribution in [3.05, 3.63) is 24.8 Å². The maximum absolute atomic E-state index is 11.0.